The first-order valence-corrected chi connectivity index (χ1v) is 7.66. The Bertz CT molecular complexity index is 343. The summed E-state index contributed by atoms with van der Waals surface area (Å²) in [5, 5.41) is 14.7. The molecule has 1 aliphatic heterocycles. The van der Waals surface area contributed by atoms with Crippen molar-refractivity contribution in [1.29, 1.82) is 0 Å². The van der Waals surface area contributed by atoms with Gasteiger partial charge in [0.2, 0.25) is 0 Å². The van der Waals surface area contributed by atoms with Crippen LogP contribution in [0.2, 0.25) is 0 Å². The number of nitrogens with zero attached hydrogens (tertiary/aromatic N) is 1. The molecule has 114 valence electrons. The minimum Gasteiger partial charge on any atom is -0.481 e. The first-order chi connectivity index (χ1) is 9.66. The Hall–Kier alpha value is -1.30. The maximum Gasteiger partial charge on any atom is 0.315 e. The van der Waals surface area contributed by atoms with Gasteiger partial charge in [0.25, 0.3) is 0 Å². The number of carboxylic acid groups (broad SMARTS) is 1. The number of amides is 2. The largest absolute Gasteiger partial charge is 0.481 e. The van der Waals surface area contributed by atoms with Crippen molar-refractivity contribution in [2.45, 2.75) is 44.6 Å². The molecule has 0 radical (unpaired) electrons. The monoisotopic (exact) mass is 283 g/mol. The number of carbonyl (C=O) groups is 2. The molecule has 2 unspecified atom stereocenters. The fourth-order valence-corrected chi connectivity index (χ4v) is 3.16. The van der Waals surface area contributed by atoms with E-state index in [4.69, 9.17) is 5.11 Å². The number of piperidine rings is 1. The average molecular weight is 283 g/mol. The molecule has 2 atom stereocenters. The summed E-state index contributed by atoms with van der Waals surface area (Å²) in [6.45, 7) is 3.73. The summed E-state index contributed by atoms with van der Waals surface area (Å²) in [6.07, 6.45) is 6.09. The van der Waals surface area contributed by atoms with Crippen LogP contribution in [0.1, 0.15) is 38.5 Å². The van der Waals surface area contributed by atoms with E-state index in [1.165, 1.54) is 19.3 Å². The number of carboxylic acids is 1. The van der Waals surface area contributed by atoms with Crippen molar-refractivity contribution >= 4 is 12.0 Å². The summed E-state index contributed by atoms with van der Waals surface area (Å²) in [7, 11) is 0. The highest BCUT2D eigenvalue weighted by atomic mass is 16.4. The third kappa shape index (κ3) is 4.37. The first-order valence-electron chi connectivity index (χ1n) is 7.66. The van der Waals surface area contributed by atoms with Crippen molar-refractivity contribution in [3.8, 4) is 0 Å². The third-order valence-electron chi connectivity index (χ3n) is 4.31. The van der Waals surface area contributed by atoms with Crippen molar-refractivity contribution in [2.75, 3.05) is 26.2 Å². The Balaban J connectivity index is 1.63. The first kappa shape index (κ1) is 15.1. The Morgan fingerprint density at radius 2 is 1.85 bits per heavy atom. The summed E-state index contributed by atoms with van der Waals surface area (Å²) < 4.78 is 0. The smallest absolute Gasteiger partial charge is 0.315 e. The SMILES string of the molecule is O=C(NCCN1CCCCC1)NC1CCCC1C(=O)O. The van der Waals surface area contributed by atoms with Crippen LogP contribution >= 0.6 is 0 Å². The predicted molar refractivity (Wildman–Crippen MR) is 75.6 cm³/mol. The molecule has 1 saturated heterocycles. The van der Waals surface area contributed by atoms with Gasteiger partial charge in [0.15, 0.2) is 0 Å². The predicted octanol–water partition coefficient (Wildman–Crippen LogP) is 1.02. The molecule has 6 nitrogen and oxygen atoms in total. The van der Waals surface area contributed by atoms with E-state index in [1.54, 1.807) is 0 Å². The molecule has 6 heteroatoms. The van der Waals surface area contributed by atoms with E-state index in [2.05, 4.69) is 15.5 Å². The van der Waals surface area contributed by atoms with Gasteiger partial charge in [-0.25, -0.2) is 4.79 Å². The zero-order chi connectivity index (χ0) is 14.4. The van der Waals surface area contributed by atoms with Gasteiger partial charge in [-0.05, 0) is 38.8 Å². The molecule has 0 aromatic rings. The minimum absolute atomic E-state index is 0.220. The summed E-state index contributed by atoms with van der Waals surface area (Å²) in [5.41, 5.74) is 0. The molecule has 0 aromatic heterocycles. The second-order valence-corrected chi connectivity index (χ2v) is 5.78. The fraction of sp³-hybridized carbons (Fsp3) is 0.857. The molecule has 2 aliphatic rings. The van der Waals surface area contributed by atoms with Crippen LogP contribution < -0.4 is 10.6 Å². The van der Waals surface area contributed by atoms with E-state index in [0.29, 0.717) is 13.0 Å². The number of hydrogen-bond donors (Lipinski definition) is 3. The number of urea groups is 1. The standard InChI is InChI=1S/C14H25N3O3/c18-13(19)11-5-4-6-12(11)16-14(20)15-7-10-17-8-2-1-3-9-17/h11-12H,1-10H2,(H,18,19)(H2,15,16,20). The second kappa shape index (κ2) is 7.47. The molecule has 0 spiro atoms. The zero-order valence-corrected chi connectivity index (χ0v) is 11.9. The lowest BCUT2D eigenvalue weighted by Gasteiger charge is -2.26. The van der Waals surface area contributed by atoms with Crippen molar-refractivity contribution in [3.63, 3.8) is 0 Å². The average Bonchev–Trinajstić information content (AvgIpc) is 2.88. The van der Waals surface area contributed by atoms with Gasteiger partial charge in [0, 0.05) is 19.1 Å². The fourth-order valence-electron chi connectivity index (χ4n) is 3.16. The van der Waals surface area contributed by atoms with Crippen LogP contribution in [0.25, 0.3) is 0 Å². The summed E-state index contributed by atoms with van der Waals surface area (Å²) in [5.74, 6) is -1.23. The Labute approximate surface area is 119 Å². The van der Waals surface area contributed by atoms with E-state index >= 15 is 0 Å². The van der Waals surface area contributed by atoms with Crippen molar-refractivity contribution < 1.29 is 14.7 Å². The zero-order valence-electron chi connectivity index (χ0n) is 11.9. The lowest BCUT2D eigenvalue weighted by molar-refractivity contribution is -0.142. The quantitative estimate of drug-likeness (QED) is 0.704. The summed E-state index contributed by atoms with van der Waals surface area (Å²) in [4.78, 5) is 25.2. The number of aliphatic carboxylic acids is 1. The highest BCUT2D eigenvalue weighted by molar-refractivity contribution is 5.77. The van der Waals surface area contributed by atoms with Gasteiger partial charge in [-0.2, -0.15) is 0 Å². The number of rotatable bonds is 5. The number of nitrogens with one attached hydrogen (secondary N) is 2. The number of likely N-dealkylation sites (tertiary alicyclic amines) is 1. The Kier molecular flexibility index (Phi) is 5.64. The highest BCUT2D eigenvalue weighted by Crippen LogP contribution is 2.25. The van der Waals surface area contributed by atoms with Gasteiger partial charge < -0.3 is 20.6 Å². The molecular weight excluding hydrogens is 258 g/mol. The van der Waals surface area contributed by atoms with Gasteiger partial charge in [-0.1, -0.05) is 12.8 Å². The van der Waals surface area contributed by atoms with Gasteiger partial charge in [-0.3, -0.25) is 4.79 Å². The van der Waals surface area contributed by atoms with E-state index in [-0.39, 0.29) is 12.1 Å². The third-order valence-corrected chi connectivity index (χ3v) is 4.31. The molecule has 0 aromatic carbocycles. The van der Waals surface area contributed by atoms with E-state index in [1.807, 2.05) is 0 Å². The molecule has 1 heterocycles. The van der Waals surface area contributed by atoms with Crippen LogP contribution in [0, 0.1) is 5.92 Å². The van der Waals surface area contributed by atoms with Crippen LogP contribution in [0.5, 0.6) is 0 Å². The van der Waals surface area contributed by atoms with Crippen LogP contribution in [0.15, 0.2) is 0 Å². The molecular formula is C14H25N3O3. The molecule has 3 N–H and O–H groups in total. The van der Waals surface area contributed by atoms with Gasteiger partial charge in [0.1, 0.15) is 0 Å². The van der Waals surface area contributed by atoms with Crippen LogP contribution in [0.3, 0.4) is 0 Å². The topological polar surface area (TPSA) is 81.7 Å². The van der Waals surface area contributed by atoms with Gasteiger partial charge in [0.05, 0.1) is 5.92 Å². The second-order valence-electron chi connectivity index (χ2n) is 5.78. The van der Waals surface area contributed by atoms with E-state index in [0.717, 1.165) is 32.5 Å². The Morgan fingerprint density at radius 1 is 1.10 bits per heavy atom. The maximum atomic E-state index is 11.8. The molecule has 2 fully saturated rings. The van der Waals surface area contributed by atoms with Crippen molar-refractivity contribution in [2.24, 2.45) is 5.92 Å². The Morgan fingerprint density at radius 3 is 2.55 bits per heavy atom. The molecule has 0 bridgehead atoms. The van der Waals surface area contributed by atoms with Gasteiger partial charge >= 0.3 is 12.0 Å². The minimum atomic E-state index is -0.805. The van der Waals surface area contributed by atoms with Crippen molar-refractivity contribution in [3.05, 3.63) is 0 Å². The molecule has 1 aliphatic carbocycles. The molecule has 1 saturated carbocycles. The van der Waals surface area contributed by atoms with E-state index in [9.17, 15) is 9.59 Å². The summed E-state index contributed by atoms with van der Waals surface area (Å²) in [6, 6.07) is -0.456. The number of hydrogen-bond acceptors (Lipinski definition) is 3. The maximum absolute atomic E-state index is 11.8. The number of carbonyl (C=O) groups excluding carboxylic acids is 1. The molecule has 2 rings (SSSR count). The lowest BCUT2D eigenvalue weighted by Crippen LogP contribution is -2.47. The van der Waals surface area contributed by atoms with E-state index < -0.39 is 11.9 Å². The van der Waals surface area contributed by atoms with Crippen LogP contribution in [0.4, 0.5) is 4.79 Å². The van der Waals surface area contributed by atoms with Crippen molar-refractivity contribution in [1.82, 2.24) is 15.5 Å². The highest BCUT2D eigenvalue weighted by Gasteiger charge is 2.33. The van der Waals surface area contributed by atoms with Crippen LogP contribution in [-0.2, 0) is 4.79 Å². The summed E-state index contributed by atoms with van der Waals surface area (Å²) >= 11 is 0. The van der Waals surface area contributed by atoms with Crippen LogP contribution in [-0.4, -0.2) is 54.2 Å². The normalized spacial score (nSPS) is 27.2. The lowest BCUT2D eigenvalue weighted by atomic mass is 10.0. The molecule has 2 amide bonds. The molecule has 20 heavy (non-hydrogen) atoms. The van der Waals surface area contributed by atoms with Gasteiger partial charge in [-0.15, -0.1) is 0 Å².